The summed E-state index contributed by atoms with van der Waals surface area (Å²) in [5.74, 6) is -0.464. The van der Waals surface area contributed by atoms with E-state index < -0.39 is 5.97 Å². The Morgan fingerprint density at radius 1 is 1.47 bits per heavy atom. The number of ether oxygens (including phenoxy) is 1. The van der Waals surface area contributed by atoms with E-state index in [-0.39, 0.29) is 11.3 Å². The number of esters is 1. The molecule has 0 aliphatic heterocycles. The summed E-state index contributed by atoms with van der Waals surface area (Å²) in [5, 5.41) is 10.1. The van der Waals surface area contributed by atoms with E-state index in [1.54, 1.807) is 19.9 Å². The van der Waals surface area contributed by atoms with Gasteiger partial charge in [-0.3, -0.25) is 0 Å². The monoisotopic (exact) mass is 234 g/mol. The van der Waals surface area contributed by atoms with Crippen LogP contribution in [0.5, 0.6) is 5.75 Å². The third-order valence-electron chi connectivity index (χ3n) is 2.65. The van der Waals surface area contributed by atoms with Gasteiger partial charge in [-0.15, -0.1) is 6.58 Å². The fourth-order valence-corrected chi connectivity index (χ4v) is 1.87. The molecule has 17 heavy (non-hydrogen) atoms. The highest BCUT2D eigenvalue weighted by Gasteiger charge is 2.19. The first-order chi connectivity index (χ1) is 8.02. The van der Waals surface area contributed by atoms with Gasteiger partial charge in [-0.25, -0.2) is 4.79 Å². The van der Waals surface area contributed by atoms with Crippen molar-refractivity contribution in [2.24, 2.45) is 0 Å². The van der Waals surface area contributed by atoms with Crippen molar-refractivity contribution in [3.05, 3.63) is 41.0 Å². The second-order valence-corrected chi connectivity index (χ2v) is 3.93. The predicted molar refractivity (Wildman–Crippen MR) is 67.4 cm³/mol. The van der Waals surface area contributed by atoms with E-state index >= 15 is 0 Å². The topological polar surface area (TPSA) is 46.5 Å². The van der Waals surface area contributed by atoms with Crippen molar-refractivity contribution in [1.29, 1.82) is 0 Å². The van der Waals surface area contributed by atoms with Crippen molar-refractivity contribution in [3.8, 4) is 5.75 Å². The number of carbonyl (C=O) groups excluding carboxylic acids is 1. The minimum Gasteiger partial charge on any atom is -0.507 e. The lowest BCUT2D eigenvalue weighted by Gasteiger charge is -2.13. The Morgan fingerprint density at radius 2 is 2.12 bits per heavy atom. The molecular weight excluding hydrogens is 216 g/mol. The Morgan fingerprint density at radius 3 is 2.65 bits per heavy atom. The quantitative estimate of drug-likeness (QED) is 0.643. The normalized spacial score (nSPS) is 10.1. The van der Waals surface area contributed by atoms with E-state index in [1.165, 1.54) is 0 Å². The maximum Gasteiger partial charge on any atom is 0.342 e. The maximum atomic E-state index is 11.7. The molecular formula is C14H18O3. The predicted octanol–water partition coefficient (Wildman–Crippen LogP) is 2.91. The summed E-state index contributed by atoms with van der Waals surface area (Å²) < 4.78 is 4.94. The fourth-order valence-electron chi connectivity index (χ4n) is 1.87. The van der Waals surface area contributed by atoms with Crippen LogP contribution in [0.15, 0.2) is 18.7 Å². The molecule has 0 saturated heterocycles. The standard InChI is InChI=1S/C14H18O3/c1-5-7-11-9(3)8-10(4)12(13(11)15)14(16)17-6-2/h5,8,15H,1,6-7H2,2-4H3. The van der Waals surface area contributed by atoms with Crippen molar-refractivity contribution in [2.75, 3.05) is 6.61 Å². The van der Waals surface area contributed by atoms with Gasteiger partial charge in [-0.1, -0.05) is 12.1 Å². The molecule has 0 saturated carbocycles. The summed E-state index contributed by atoms with van der Waals surface area (Å²) in [6.07, 6.45) is 2.23. The lowest BCUT2D eigenvalue weighted by molar-refractivity contribution is 0.0522. The maximum absolute atomic E-state index is 11.7. The van der Waals surface area contributed by atoms with Crippen molar-refractivity contribution in [2.45, 2.75) is 27.2 Å². The second kappa shape index (κ2) is 5.53. The zero-order valence-corrected chi connectivity index (χ0v) is 10.5. The number of carbonyl (C=O) groups is 1. The SMILES string of the molecule is C=CCc1c(C)cc(C)c(C(=O)OCC)c1O. The molecule has 0 aliphatic carbocycles. The molecule has 1 rings (SSSR count). The summed E-state index contributed by atoms with van der Waals surface area (Å²) >= 11 is 0. The molecule has 0 amide bonds. The molecule has 0 fully saturated rings. The molecule has 92 valence electrons. The first-order valence-electron chi connectivity index (χ1n) is 5.63. The molecule has 0 aromatic heterocycles. The number of phenolic OH excluding ortho intramolecular Hbond substituents is 1. The molecule has 1 aromatic carbocycles. The van der Waals surface area contributed by atoms with Crippen molar-refractivity contribution < 1.29 is 14.6 Å². The van der Waals surface area contributed by atoms with Crippen LogP contribution >= 0.6 is 0 Å². The average molecular weight is 234 g/mol. The summed E-state index contributed by atoms with van der Waals surface area (Å²) in [7, 11) is 0. The van der Waals surface area contributed by atoms with Gasteiger partial charge in [0, 0.05) is 5.56 Å². The van der Waals surface area contributed by atoms with Crippen LogP contribution in [0, 0.1) is 13.8 Å². The van der Waals surface area contributed by atoms with E-state index in [0.717, 1.165) is 16.7 Å². The Labute approximate surface area is 102 Å². The van der Waals surface area contributed by atoms with Crippen molar-refractivity contribution in [1.82, 2.24) is 0 Å². The van der Waals surface area contributed by atoms with Crippen molar-refractivity contribution in [3.63, 3.8) is 0 Å². The molecule has 3 nitrogen and oxygen atoms in total. The van der Waals surface area contributed by atoms with Gasteiger partial charge >= 0.3 is 5.97 Å². The zero-order chi connectivity index (χ0) is 13.0. The average Bonchev–Trinajstić information content (AvgIpc) is 2.24. The second-order valence-electron chi connectivity index (χ2n) is 3.93. The van der Waals surface area contributed by atoms with Gasteiger partial charge in [0.1, 0.15) is 11.3 Å². The van der Waals surface area contributed by atoms with E-state index in [9.17, 15) is 9.90 Å². The van der Waals surface area contributed by atoms with Crippen LogP contribution in [-0.4, -0.2) is 17.7 Å². The molecule has 0 spiro atoms. The molecule has 0 aliphatic rings. The zero-order valence-electron chi connectivity index (χ0n) is 10.5. The Kier molecular flexibility index (Phi) is 4.32. The molecule has 0 bridgehead atoms. The number of allylic oxidation sites excluding steroid dienone is 1. The minimum atomic E-state index is -0.479. The molecule has 0 atom stereocenters. The smallest absolute Gasteiger partial charge is 0.342 e. The lowest BCUT2D eigenvalue weighted by atomic mass is 9.96. The molecule has 3 heteroatoms. The van der Waals surface area contributed by atoms with E-state index in [0.29, 0.717) is 13.0 Å². The lowest BCUT2D eigenvalue weighted by Crippen LogP contribution is -2.09. The van der Waals surface area contributed by atoms with Gasteiger partial charge in [0.25, 0.3) is 0 Å². The van der Waals surface area contributed by atoms with Gasteiger partial charge in [0.15, 0.2) is 0 Å². The van der Waals surface area contributed by atoms with Gasteiger partial charge < -0.3 is 9.84 Å². The summed E-state index contributed by atoms with van der Waals surface area (Å²) in [4.78, 5) is 11.7. The molecule has 1 aromatic rings. The van der Waals surface area contributed by atoms with Crippen LogP contribution in [-0.2, 0) is 11.2 Å². The Balaban J connectivity index is 3.34. The van der Waals surface area contributed by atoms with E-state index in [1.807, 2.05) is 13.0 Å². The first kappa shape index (κ1) is 13.3. The molecule has 0 heterocycles. The van der Waals surface area contributed by atoms with Gasteiger partial charge in [-0.05, 0) is 38.3 Å². The van der Waals surface area contributed by atoms with Gasteiger partial charge in [-0.2, -0.15) is 0 Å². The Bertz CT molecular complexity index is 447. The summed E-state index contributed by atoms with van der Waals surface area (Å²) in [6.45, 7) is 9.37. The number of aromatic hydroxyl groups is 1. The van der Waals surface area contributed by atoms with Crippen LogP contribution in [0.25, 0.3) is 0 Å². The van der Waals surface area contributed by atoms with Crippen molar-refractivity contribution >= 4 is 5.97 Å². The van der Waals surface area contributed by atoms with Crippen LogP contribution in [0.4, 0.5) is 0 Å². The van der Waals surface area contributed by atoms with Crippen LogP contribution in [0.2, 0.25) is 0 Å². The molecule has 1 N–H and O–H groups in total. The number of hydrogen-bond donors (Lipinski definition) is 1. The number of rotatable bonds is 4. The third-order valence-corrected chi connectivity index (χ3v) is 2.65. The Hall–Kier alpha value is -1.77. The van der Waals surface area contributed by atoms with Gasteiger partial charge in [0.2, 0.25) is 0 Å². The highest BCUT2D eigenvalue weighted by Crippen LogP contribution is 2.30. The third kappa shape index (κ3) is 2.67. The highest BCUT2D eigenvalue weighted by molar-refractivity contribution is 5.94. The first-order valence-corrected chi connectivity index (χ1v) is 5.63. The van der Waals surface area contributed by atoms with Gasteiger partial charge in [0.05, 0.1) is 6.61 Å². The molecule has 0 unspecified atom stereocenters. The number of phenols is 1. The largest absolute Gasteiger partial charge is 0.507 e. The molecule has 0 radical (unpaired) electrons. The van der Waals surface area contributed by atoms with Crippen LogP contribution in [0.1, 0.15) is 34.0 Å². The highest BCUT2D eigenvalue weighted by atomic mass is 16.5. The summed E-state index contributed by atoms with van der Waals surface area (Å²) in [5.41, 5.74) is 2.67. The fraction of sp³-hybridized carbons (Fsp3) is 0.357. The number of benzene rings is 1. The van der Waals surface area contributed by atoms with Crippen LogP contribution < -0.4 is 0 Å². The van der Waals surface area contributed by atoms with Crippen LogP contribution in [0.3, 0.4) is 0 Å². The number of hydrogen-bond acceptors (Lipinski definition) is 3. The van der Waals surface area contributed by atoms with E-state index in [2.05, 4.69) is 6.58 Å². The van der Waals surface area contributed by atoms with E-state index in [4.69, 9.17) is 4.74 Å². The summed E-state index contributed by atoms with van der Waals surface area (Å²) in [6, 6.07) is 1.88. The minimum absolute atomic E-state index is 0.0147. The number of aryl methyl sites for hydroxylation is 2.